The second kappa shape index (κ2) is 4.85. The van der Waals surface area contributed by atoms with Crippen molar-refractivity contribution >= 4 is 16.5 Å². The van der Waals surface area contributed by atoms with Gasteiger partial charge < -0.3 is 10.4 Å². The standard InChI is InChI=1S/C13H16N2OS/c1-13(2,9-16)15-12-14-11(8-17-12)10-6-4-3-5-7-10/h3-8,16H,9H2,1-2H3,(H,14,15). The molecule has 0 atom stereocenters. The van der Waals surface area contributed by atoms with Crippen LogP contribution in [0.2, 0.25) is 0 Å². The monoisotopic (exact) mass is 248 g/mol. The molecular weight excluding hydrogens is 232 g/mol. The molecule has 1 aromatic carbocycles. The fraction of sp³-hybridized carbons (Fsp3) is 0.308. The van der Waals surface area contributed by atoms with Crippen LogP contribution in [-0.4, -0.2) is 22.2 Å². The van der Waals surface area contributed by atoms with Gasteiger partial charge in [-0.2, -0.15) is 0 Å². The Kier molecular flexibility index (Phi) is 3.45. The number of rotatable bonds is 4. The van der Waals surface area contributed by atoms with E-state index in [1.165, 1.54) is 0 Å². The van der Waals surface area contributed by atoms with Crippen LogP contribution in [0.25, 0.3) is 11.3 Å². The first-order chi connectivity index (χ1) is 8.11. The summed E-state index contributed by atoms with van der Waals surface area (Å²) in [5, 5.41) is 15.3. The van der Waals surface area contributed by atoms with Gasteiger partial charge in [-0.3, -0.25) is 0 Å². The zero-order valence-corrected chi connectivity index (χ0v) is 10.8. The summed E-state index contributed by atoms with van der Waals surface area (Å²) in [5.74, 6) is 0. The second-order valence-corrected chi connectivity index (χ2v) is 5.43. The minimum atomic E-state index is -0.341. The van der Waals surface area contributed by atoms with Crippen molar-refractivity contribution in [3.05, 3.63) is 35.7 Å². The molecule has 3 nitrogen and oxygen atoms in total. The molecule has 2 rings (SSSR count). The van der Waals surface area contributed by atoms with E-state index in [1.807, 2.05) is 49.6 Å². The van der Waals surface area contributed by atoms with Gasteiger partial charge in [0.15, 0.2) is 5.13 Å². The summed E-state index contributed by atoms with van der Waals surface area (Å²) in [5.41, 5.74) is 1.73. The van der Waals surface area contributed by atoms with Crippen molar-refractivity contribution in [2.75, 3.05) is 11.9 Å². The summed E-state index contributed by atoms with van der Waals surface area (Å²) in [4.78, 5) is 4.51. The van der Waals surface area contributed by atoms with Crippen LogP contribution in [0.3, 0.4) is 0 Å². The van der Waals surface area contributed by atoms with Gasteiger partial charge in [0.25, 0.3) is 0 Å². The number of anilines is 1. The van der Waals surface area contributed by atoms with Gasteiger partial charge in [-0.05, 0) is 13.8 Å². The van der Waals surface area contributed by atoms with Crippen LogP contribution >= 0.6 is 11.3 Å². The molecule has 0 fully saturated rings. The Morgan fingerprint density at radius 3 is 2.65 bits per heavy atom. The van der Waals surface area contributed by atoms with Crippen molar-refractivity contribution in [3.63, 3.8) is 0 Å². The summed E-state index contributed by atoms with van der Waals surface area (Å²) < 4.78 is 0. The third kappa shape index (κ3) is 3.05. The molecule has 0 bridgehead atoms. The zero-order valence-electron chi connectivity index (χ0n) is 9.97. The first kappa shape index (κ1) is 12.1. The molecule has 0 radical (unpaired) electrons. The number of hydrogen-bond acceptors (Lipinski definition) is 4. The van der Waals surface area contributed by atoms with Crippen LogP contribution in [0.5, 0.6) is 0 Å². The van der Waals surface area contributed by atoms with Crippen LogP contribution in [-0.2, 0) is 0 Å². The number of aliphatic hydroxyl groups is 1. The Hall–Kier alpha value is -1.39. The van der Waals surface area contributed by atoms with Gasteiger partial charge in [0, 0.05) is 10.9 Å². The number of thiazole rings is 1. The van der Waals surface area contributed by atoms with E-state index in [4.69, 9.17) is 0 Å². The topological polar surface area (TPSA) is 45.1 Å². The molecule has 0 amide bonds. The molecular formula is C13H16N2OS. The van der Waals surface area contributed by atoms with Gasteiger partial charge >= 0.3 is 0 Å². The summed E-state index contributed by atoms with van der Waals surface area (Å²) >= 11 is 1.55. The minimum Gasteiger partial charge on any atom is -0.394 e. The van der Waals surface area contributed by atoms with E-state index >= 15 is 0 Å². The van der Waals surface area contributed by atoms with E-state index in [1.54, 1.807) is 11.3 Å². The Balaban J connectivity index is 2.17. The molecule has 0 saturated heterocycles. The number of nitrogens with one attached hydrogen (secondary N) is 1. The Morgan fingerprint density at radius 2 is 2.00 bits per heavy atom. The van der Waals surface area contributed by atoms with Crippen molar-refractivity contribution in [3.8, 4) is 11.3 Å². The molecule has 2 N–H and O–H groups in total. The molecule has 1 aromatic heterocycles. The normalized spacial score (nSPS) is 11.5. The van der Waals surface area contributed by atoms with Gasteiger partial charge in [-0.15, -0.1) is 11.3 Å². The quantitative estimate of drug-likeness (QED) is 0.874. The van der Waals surface area contributed by atoms with Crippen molar-refractivity contribution in [1.82, 2.24) is 4.98 Å². The molecule has 0 aliphatic rings. The molecule has 0 aliphatic carbocycles. The summed E-state index contributed by atoms with van der Waals surface area (Å²) in [7, 11) is 0. The second-order valence-electron chi connectivity index (χ2n) is 4.57. The van der Waals surface area contributed by atoms with E-state index in [0.29, 0.717) is 0 Å². The van der Waals surface area contributed by atoms with E-state index in [2.05, 4.69) is 10.3 Å². The summed E-state index contributed by atoms with van der Waals surface area (Å²) in [6, 6.07) is 10.1. The predicted molar refractivity (Wildman–Crippen MR) is 72.3 cm³/mol. The smallest absolute Gasteiger partial charge is 0.183 e. The van der Waals surface area contributed by atoms with Gasteiger partial charge in [-0.1, -0.05) is 30.3 Å². The highest BCUT2D eigenvalue weighted by atomic mass is 32.1. The maximum absolute atomic E-state index is 9.19. The molecule has 0 saturated carbocycles. The average molecular weight is 248 g/mol. The molecule has 90 valence electrons. The zero-order chi connectivity index (χ0) is 12.3. The maximum Gasteiger partial charge on any atom is 0.183 e. The molecule has 0 aliphatic heterocycles. The SMILES string of the molecule is CC(C)(CO)Nc1nc(-c2ccccc2)cs1. The fourth-order valence-corrected chi connectivity index (χ4v) is 2.30. The molecule has 1 heterocycles. The number of benzene rings is 1. The lowest BCUT2D eigenvalue weighted by molar-refractivity contribution is 0.234. The molecule has 2 aromatic rings. The predicted octanol–water partition coefficient (Wildman–Crippen LogP) is 2.99. The summed E-state index contributed by atoms with van der Waals surface area (Å²) in [6.45, 7) is 3.96. The van der Waals surface area contributed by atoms with Crippen LogP contribution in [0.1, 0.15) is 13.8 Å². The highest BCUT2D eigenvalue weighted by molar-refractivity contribution is 7.14. The van der Waals surface area contributed by atoms with Gasteiger partial charge in [0.2, 0.25) is 0 Å². The van der Waals surface area contributed by atoms with Crippen LogP contribution in [0, 0.1) is 0 Å². The minimum absolute atomic E-state index is 0.0766. The number of aromatic nitrogens is 1. The summed E-state index contributed by atoms with van der Waals surface area (Å²) in [6.07, 6.45) is 0. The first-order valence-electron chi connectivity index (χ1n) is 5.51. The highest BCUT2D eigenvalue weighted by Crippen LogP contribution is 2.26. The Bertz CT molecular complexity index is 479. The number of hydrogen-bond donors (Lipinski definition) is 2. The number of nitrogens with zero attached hydrogens (tertiary/aromatic N) is 1. The van der Waals surface area contributed by atoms with Crippen LogP contribution in [0.15, 0.2) is 35.7 Å². The van der Waals surface area contributed by atoms with E-state index in [0.717, 1.165) is 16.4 Å². The molecule has 0 spiro atoms. The Morgan fingerprint density at radius 1 is 1.29 bits per heavy atom. The fourth-order valence-electron chi connectivity index (χ4n) is 1.40. The highest BCUT2D eigenvalue weighted by Gasteiger charge is 2.17. The van der Waals surface area contributed by atoms with Gasteiger partial charge in [0.1, 0.15) is 0 Å². The van der Waals surface area contributed by atoms with Crippen molar-refractivity contribution in [2.24, 2.45) is 0 Å². The maximum atomic E-state index is 9.19. The third-order valence-electron chi connectivity index (χ3n) is 2.41. The molecule has 0 unspecified atom stereocenters. The molecule has 17 heavy (non-hydrogen) atoms. The largest absolute Gasteiger partial charge is 0.394 e. The van der Waals surface area contributed by atoms with E-state index < -0.39 is 0 Å². The average Bonchev–Trinajstić information content (AvgIpc) is 2.78. The van der Waals surface area contributed by atoms with Crippen molar-refractivity contribution in [2.45, 2.75) is 19.4 Å². The van der Waals surface area contributed by atoms with E-state index in [9.17, 15) is 5.11 Å². The Labute approximate surface area is 105 Å². The third-order valence-corrected chi connectivity index (χ3v) is 3.17. The molecule has 4 heteroatoms. The van der Waals surface area contributed by atoms with Crippen molar-refractivity contribution in [1.29, 1.82) is 0 Å². The first-order valence-corrected chi connectivity index (χ1v) is 6.39. The lowest BCUT2D eigenvalue weighted by Crippen LogP contribution is -2.34. The lowest BCUT2D eigenvalue weighted by atomic mass is 10.1. The van der Waals surface area contributed by atoms with Crippen LogP contribution in [0.4, 0.5) is 5.13 Å². The van der Waals surface area contributed by atoms with Crippen LogP contribution < -0.4 is 5.32 Å². The van der Waals surface area contributed by atoms with E-state index in [-0.39, 0.29) is 12.1 Å². The number of aliphatic hydroxyl groups excluding tert-OH is 1. The van der Waals surface area contributed by atoms with Gasteiger partial charge in [-0.25, -0.2) is 4.98 Å². The van der Waals surface area contributed by atoms with Gasteiger partial charge in [0.05, 0.1) is 17.8 Å². The lowest BCUT2D eigenvalue weighted by Gasteiger charge is -2.22. The van der Waals surface area contributed by atoms with Crippen molar-refractivity contribution < 1.29 is 5.11 Å².